The van der Waals surface area contributed by atoms with Crippen molar-refractivity contribution in [3.63, 3.8) is 0 Å². The van der Waals surface area contributed by atoms with Gasteiger partial charge in [-0.05, 0) is 19.1 Å². The molecule has 1 aliphatic carbocycles. The summed E-state index contributed by atoms with van der Waals surface area (Å²) in [5, 5.41) is 0.324. The number of halogens is 1. The van der Waals surface area contributed by atoms with E-state index in [-0.39, 0.29) is 25.4 Å². The van der Waals surface area contributed by atoms with Crippen molar-refractivity contribution < 1.29 is 23.8 Å². The van der Waals surface area contributed by atoms with Crippen LogP contribution in [-0.2, 0) is 30.2 Å². The maximum atomic E-state index is 11.8. The van der Waals surface area contributed by atoms with E-state index in [4.69, 9.17) is 25.8 Å². The van der Waals surface area contributed by atoms with Crippen molar-refractivity contribution in [3.05, 3.63) is 34.1 Å². The van der Waals surface area contributed by atoms with Gasteiger partial charge in [0.1, 0.15) is 10.9 Å². The van der Waals surface area contributed by atoms with Gasteiger partial charge < -0.3 is 14.2 Å². The maximum Gasteiger partial charge on any atom is 0.344 e. The van der Waals surface area contributed by atoms with E-state index in [1.165, 1.54) is 7.11 Å². The molecular formula is C14H14ClNO5. The molecule has 2 rings (SSSR count). The lowest BCUT2D eigenvalue weighted by Crippen LogP contribution is -2.13. The molecule has 0 radical (unpaired) electrons. The first-order valence-corrected chi connectivity index (χ1v) is 6.70. The van der Waals surface area contributed by atoms with Crippen molar-refractivity contribution in [3.8, 4) is 0 Å². The number of pyridine rings is 1. The van der Waals surface area contributed by atoms with Crippen LogP contribution in [-0.4, -0.2) is 37.2 Å². The molecular weight excluding hydrogens is 298 g/mol. The van der Waals surface area contributed by atoms with Crippen molar-refractivity contribution >= 4 is 29.3 Å². The quantitative estimate of drug-likeness (QED) is 0.609. The lowest BCUT2D eigenvalue weighted by molar-refractivity contribution is -0.146. The molecule has 1 aliphatic rings. The summed E-state index contributed by atoms with van der Waals surface area (Å²) in [6.45, 7) is 1.68. The van der Waals surface area contributed by atoms with Gasteiger partial charge in [-0.25, -0.2) is 14.6 Å². The number of carbonyl (C=O) groups is 2. The number of aromatic nitrogens is 1. The second-order valence-electron chi connectivity index (χ2n) is 4.20. The molecule has 6 nitrogen and oxygen atoms in total. The highest BCUT2D eigenvalue weighted by Crippen LogP contribution is 2.34. The summed E-state index contributed by atoms with van der Waals surface area (Å²) in [6, 6.07) is 3.29. The number of hydrogen-bond donors (Lipinski definition) is 0. The number of rotatable bonds is 5. The van der Waals surface area contributed by atoms with Crippen LogP contribution in [0.25, 0.3) is 5.76 Å². The van der Waals surface area contributed by atoms with Gasteiger partial charge >= 0.3 is 11.9 Å². The summed E-state index contributed by atoms with van der Waals surface area (Å²) in [7, 11) is 1.28. The molecule has 0 saturated heterocycles. The molecule has 0 unspecified atom stereocenters. The Morgan fingerprint density at radius 3 is 2.81 bits per heavy atom. The minimum absolute atomic E-state index is 0.251. The fraction of sp³-hybridized carbons (Fsp3) is 0.357. The van der Waals surface area contributed by atoms with Crippen LogP contribution in [0.2, 0.25) is 5.15 Å². The molecule has 0 fully saturated rings. The van der Waals surface area contributed by atoms with E-state index in [1.54, 1.807) is 19.1 Å². The lowest BCUT2D eigenvalue weighted by Gasteiger charge is -2.09. The predicted octanol–water partition coefficient (Wildman–Crippen LogP) is 1.75. The first-order valence-electron chi connectivity index (χ1n) is 6.32. The number of hydrogen-bond acceptors (Lipinski definition) is 6. The molecule has 7 heteroatoms. The molecule has 1 aromatic heterocycles. The second kappa shape index (κ2) is 6.58. The third-order valence-corrected chi connectivity index (χ3v) is 3.09. The highest BCUT2D eigenvalue weighted by Gasteiger charge is 2.30. The smallest absolute Gasteiger partial charge is 0.344 e. The Labute approximate surface area is 126 Å². The summed E-state index contributed by atoms with van der Waals surface area (Å²) in [5.41, 5.74) is 1.55. The monoisotopic (exact) mass is 311 g/mol. The van der Waals surface area contributed by atoms with Gasteiger partial charge in [-0.15, -0.1) is 0 Å². The van der Waals surface area contributed by atoms with E-state index in [0.29, 0.717) is 22.0 Å². The van der Waals surface area contributed by atoms with E-state index in [0.717, 1.165) is 0 Å². The van der Waals surface area contributed by atoms with Crippen LogP contribution in [0.15, 0.2) is 17.7 Å². The number of carbonyl (C=O) groups excluding carboxylic acids is 2. The van der Waals surface area contributed by atoms with Crippen molar-refractivity contribution in [2.45, 2.75) is 13.3 Å². The first-order chi connectivity index (χ1) is 10.1. The summed E-state index contributed by atoms with van der Waals surface area (Å²) in [5.74, 6) is -0.748. The van der Waals surface area contributed by atoms with Gasteiger partial charge in [0.05, 0.1) is 25.0 Å². The van der Waals surface area contributed by atoms with E-state index in [9.17, 15) is 9.59 Å². The molecule has 21 heavy (non-hydrogen) atoms. The Kier molecular flexibility index (Phi) is 4.80. The van der Waals surface area contributed by atoms with Gasteiger partial charge in [0.2, 0.25) is 0 Å². The largest absolute Gasteiger partial charge is 0.481 e. The Morgan fingerprint density at radius 1 is 1.38 bits per heavy atom. The van der Waals surface area contributed by atoms with Crippen LogP contribution in [0, 0.1) is 0 Å². The molecule has 0 bridgehead atoms. The van der Waals surface area contributed by atoms with Gasteiger partial charge in [-0.3, -0.25) is 0 Å². The van der Waals surface area contributed by atoms with Crippen LogP contribution in [0.3, 0.4) is 0 Å². The molecule has 1 heterocycles. The zero-order valence-electron chi connectivity index (χ0n) is 11.6. The van der Waals surface area contributed by atoms with Gasteiger partial charge in [-0.1, -0.05) is 11.6 Å². The van der Waals surface area contributed by atoms with Crippen molar-refractivity contribution in [1.82, 2.24) is 4.98 Å². The van der Waals surface area contributed by atoms with E-state index in [2.05, 4.69) is 4.98 Å². The van der Waals surface area contributed by atoms with Crippen molar-refractivity contribution in [1.29, 1.82) is 0 Å². The van der Waals surface area contributed by atoms with Crippen molar-refractivity contribution in [2.75, 3.05) is 20.3 Å². The highest BCUT2D eigenvalue weighted by molar-refractivity contribution is 6.29. The van der Waals surface area contributed by atoms with E-state index in [1.807, 2.05) is 0 Å². The second-order valence-corrected chi connectivity index (χ2v) is 4.59. The molecule has 0 aromatic carbocycles. The maximum absolute atomic E-state index is 11.8. The molecule has 0 atom stereocenters. The van der Waals surface area contributed by atoms with E-state index < -0.39 is 11.9 Å². The normalized spacial score (nSPS) is 12.9. The van der Waals surface area contributed by atoms with E-state index >= 15 is 0 Å². The third-order valence-electron chi connectivity index (χ3n) is 2.87. The first kappa shape index (κ1) is 15.3. The zero-order chi connectivity index (χ0) is 15.4. The molecule has 0 aliphatic heterocycles. The average molecular weight is 312 g/mol. The minimum Gasteiger partial charge on any atom is -0.481 e. The third kappa shape index (κ3) is 3.33. The fourth-order valence-corrected chi connectivity index (χ4v) is 2.18. The molecule has 0 saturated carbocycles. The summed E-state index contributed by atoms with van der Waals surface area (Å²) < 4.78 is 15.0. The fourth-order valence-electron chi connectivity index (χ4n) is 2.01. The molecule has 0 N–H and O–H groups in total. The number of esters is 2. The summed E-state index contributed by atoms with van der Waals surface area (Å²) >= 11 is 5.84. The van der Waals surface area contributed by atoms with Gasteiger partial charge in [0.15, 0.2) is 6.61 Å². The molecule has 112 valence electrons. The van der Waals surface area contributed by atoms with Crippen molar-refractivity contribution in [2.24, 2.45) is 0 Å². The lowest BCUT2D eigenvalue weighted by atomic mass is 10.2. The Morgan fingerprint density at radius 2 is 2.14 bits per heavy atom. The van der Waals surface area contributed by atoms with Gasteiger partial charge in [0.25, 0.3) is 0 Å². The molecule has 0 spiro atoms. The Hall–Kier alpha value is -2.08. The number of nitrogens with zero attached hydrogens (tertiary/aromatic N) is 1. The van der Waals surface area contributed by atoms with Gasteiger partial charge in [-0.2, -0.15) is 0 Å². The Balaban J connectivity index is 2.27. The number of methoxy groups -OCH3 is 1. The van der Waals surface area contributed by atoms with Crippen LogP contribution in [0.1, 0.15) is 18.2 Å². The summed E-state index contributed by atoms with van der Waals surface area (Å²) in [4.78, 5) is 27.4. The average Bonchev–Trinajstić information content (AvgIpc) is 2.82. The zero-order valence-corrected chi connectivity index (χ0v) is 12.4. The van der Waals surface area contributed by atoms with Gasteiger partial charge in [0, 0.05) is 12.0 Å². The number of ether oxygens (including phenoxy) is 3. The Bertz CT molecular complexity index is 611. The van der Waals surface area contributed by atoms with Crippen LogP contribution >= 0.6 is 11.6 Å². The highest BCUT2D eigenvalue weighted by atomic mass is 35.5. The molecule has 0 amide bonds. The van der Waals surface area contributed by atoms with Crippen LogP contribution in [0.5, 0.6) is 0 Å². The molecule has 1 aromatic rings. The topological polar surface area (TPSA) is 74.7 Å². The van der Waals surface area contributed by atoms with Crippen LogP contribution < -0.4 is 0 Å². The standard InChI is InChI=1S/C14H14ClNO5/c1-3-20-12(17)7-21-13-8-4-5-11(15)16-10(8)6-9(13)14(18)19-2/h4-5H,3,6-7H2,1-2H3. The SMILES string of the molecule is CCOC(=O)COC1=C(C(=O)OC)Cc2nc(Cl)ccc21. The summed E-state index contributed by atoms with van der Waals surface area (Å²) in [6.07, 6.45) is 0.251. The van der Waals surface area contributed by atoms with Crippen LogP contribution in [0.4, 0.5) is 0 Å². The number of fused-ring (bicyclic) bond motifs is 1. The predicted molar refractivity (Wildman–Crippen MR) is 74.5 cm³/mol. The minimum atomic E-state index is -0.525.